The fourth-order valence-corrected chi connectivity index (χ4v) is 22.2. The Morgan fingerprint density at radius 3 is 1.08 bits per heavy atom. The second-order valence-corrected chi connectivity index (χ2v) is 32.9. The molecule has 0 fully saturated rings. The summed E-state index contributed by atoms with van der Waals surface area (Å²) in [5.74, 6) is 0. The molecule has 10 heteroatoms. The SMILES string of the molecule is c1ccc(-n2c3ccccc3c3oc4cc(-c5ccc6c(c5)sc5cc(-c7cccc8c7oc7c9ccccc9n(-c9ccccc9)c87)ccc56)ccc4c32)cc1.c1ccc(-n2c3ccccc3c3sc4cc(-c5ccc6c(c5)oc5cc(-c7cccc8c7sc7c9ccccc9n(-c9ccccc9)c87)ccc56)ccc4c32)cc1. The molecule has 0 spiro atoms. The minimum Gasteiger partial charge on any atom is -0.456 e. The molecule has 0 aliphatic rings. The molecule has 0 amide bonds. The molecule has 0 saturated carbocycles. The Labute approximate surface area is 662 Å². The van der Waals surface area contributed by atoms with Gasteiger partial charge in [-0.25, -0.2) is 0 Å². The molecule has 0 N–H and O–H groups in total. The number of nitrogens with zero attached hydrogens (tertiary/aromatic N) is 4. The van der Waals surface area contributed by atoms with Gasteiger partial charge in [0.05, 0.1) is 42.5 Å². The Balaban J connectivity index is 0.000000129. The zero-order valence-corrected chi connectivity index (χ0v) is 63.3. The minimum atomic E-state index is 0.891. The molecule has 0 unspecified atom stereocenters. The van der Waals surface area contributed by atoms with Gasteiger partial charge in [0.1, 0.15) is 33.4 Å². The maximum atomic E-state index is 6.86. The van der Waals surface area contributed by atoms with Crippen LogP contribution in [0.4, 0.5) is 0 Å². The van der Waals surface area contributed by atoms with Crippen LogP contribution >= 0.6 is 34.0 Å². The third-order valence-electron chi connectivity index (χ3n) is 23.5. The molecule has 0 atom stereocenters. The molecule has 10 aromatic heterocycles. The van der Waals surface area contributed by atoms with Crippen LogP contribution in [0.2, 0.25) is 0 Å². The van der Waals surface area contributed by atoms with Crippen molar-refractivity contribution in [3.8, 4) is 67.3 Å². The van der Waals surface area contributed by atoms with Gasteiger partial charge in [-0.1, -0.05) is 218 Å². The average Bonchev–Trinajstić information content (AvgIpc) is 1.58. The van der Waals surface area contributed by atoms with E-state index in [0.29, 0.717) is 0 Å². The van der Waals surface area contributed by atoms with Crippen molar-refractivity contribution in [2.75, 3.05) is 0 Å². The maximum Gasteiger partial charge on any atom is 0.161 e. The normalized spacial score (nSPS) is 12.2. The van der Waals surface area contributed by atoms with Crippen LogP contribution in [0.15, 0.2) is 377 Å². The number of para-hydroxylation sites is 9. The topological polar surface area (TPSA) is 59.1 Å². The van der Waals surface area contributed by atoms with Crippen molar-refractivity contribution in [1.82, 2.24) is 18.3 Å². The fourth-order valence-electron chi connectivity index (χ4n) is 18.4. The first kappa shape index (κ1) is 63.5. The van der Waals surface area contributed by atoms with Gasteiger partial charge >= 0.3 is 0 Å². The number of hydrogen-bond donors (Lipinski definition) is 0. The number of benzene rings is 16. The highest BCUT2D eigenvalue weighted by Crippen LogP contribution is 2.50. The standard InChI is InChI=1S/C52H30N2O2S.C52H30N2OS2/c1-3-12-34(13-4-1)53-43-20-9-7-16-39(43)51-48(53)41-27-23-31(28-45(41)55-51)32-22-25-37-38-26-24-33(30-47(38)57-46(37)29-32)36-18-11-19-42-49-52(56-50(36)42)40-17-8-10-21-44(40)54(49)35-14-5-2-6-15-35;1-3-12-34(13-4-1)53-43-20-9-7-16-39(43)51-48(53)41-27-23-32(30-47(41)56-51)31-22-25-37-38-26-24-33(29-46(38)55-45(37)28-31)36-18-11-19-42-49-52(57-50(36)42)40-17-8-10-21-44(40)54(49)35-14-5-2-6-15-35/h2*1-30H. The zero-order chi connectivity index (χ0) is 74.4. The molecule has 16 aromatic carbocycles. The molecular weight excluding hydrogens is 1450 g/mol. The van der Waals surface area contributed by atoms with Crippen molar-refractivity contribution >= 4 is 204 Å². The van der Waals surface area contributed by atoms with E-state index in [2.05, 4.69) is 382 Å². The lowest BCUT2D eigenvalue weighted by molar-refractivity contribution is 0.669. The first-order valence-corrected chi connectivity index (χ1v) is 41.0. The molecule has 0 radical (unpaired) electrons. The Morgan fingerprint density at radius 2 is 0.535 bits per heavy atom. The first-order chi connectivity index (χ1) is 56.5. The largest absolute Gasteiger partial charge is 0.456 e. The number of furan rings is 3. The molecule has 26 rings (SSSR count). The number of thiophene rings is 3. The molecule has 0 aliphatic carbocycles. The third kappa shape index (κ3) is 9.41. The van der Waals surface area contributed by atoms with E-state index in [4.69, 9.17) is 13.3 Å². The van der Waals surface area contributed by atoms with E-state index >= 15 is 0 Å². The van der Waals surface area contributed by atoms with E-state index in [1.807, 2.05) is 34.0 Å². The monoisotopic (exact) mass is 1510 g/mol. The molecule has 532 valence electrons. The van der Waals surface area contributed by atoms with Gasteiger partial charge in [-0.2, -0.15) is 0 Å². The highest BCUT2D eigenvalue weighted by atomic mass is 32.1. The van der Waals surface area contributed by atoms with Crippen molar-refractivity contribution in [1.29, 1.82) is 0 Å². The van der Waals surface area contributed by atoms with Crippen LogP contribution in [-0.4, -0.2) is 18.3 Å². The number of rotatable bonds is 8. The van der Waals surface area contributed by atoms with E-state index < -0.39 is 0 Å². The molecule has 26 aromatic rings. The lowest BCUT2D eigenvalue weighted by Gasteiger charge is -2.08. The molecule has 0 bridgehead atoms. The highest BCUT2D eigenvalue weighted by molar-refractivity contribution is 7.27. The van der Waals surface area contributed by atoms with Crippen LogP contribution < -0.4 is 0 Å². The van der Waals surface area contributed by atoms with Crippen molar-refractivity contribution in [3.05, 3.63) is 364 Å². The first-order valence-electron chi connectivity index (χ1n) is 38.5. The summed E-state index contributed by atoms with van der Waals surface area (Å²) in [4.78, 5) is 0. The van der Waals surface area contributed by atoms with Gasteiger partial charge in [-0.05, 0) is 185 Å². The van der Waals surface area contributed by atoms with E-state index in [-0.39, 0.29) is 0 Å². The Morgan fingerprint density at radius 1 is 0.184 bits per heavy atom. The molecular formula is C104H60N4O3S3. The van der Waals surface area contributed by atoms with Gasteiger partial charge in [0.25, 0.3) is 0 Å². The zero-order valence-electron chi connectivity index (χ0n) is 60.9. The summed E-state index contributed by atoms with van der Waals surface area (Å²) in [5, 5.41) is 14.4. The number of fused-ring (bicyclic) bond motifs is 26. The second-order valence-electron chi connectivity index (χ2n) is 29.7. The summed E-state index contributed by atoms with van der Waals surface area (Å²) in [6, 6.07) is 131. The van der Waals surface area contributed by atoms with Crippen LogP contribution in [0.3, 0.4) is 0 Å². The smallest absolute Gasteiger partial charge is 0.161 e. The Bertz CT molecular complexity index is 7990. The molecule has 0 saturated heterocycles. The molecule has 114 heavy (non-hydrogen) atoms. The maximum absolute atomic E-state index is 6.86. The summed E-state index contributed by atoms with van der Waals surface area (Å²) in [5.41, 5.74) is 28.9. The highest BCUT2D eigenvalue weighted by Gasteiger charge is 2.26. The van der Waals surface area contributed by atoms with Crippen LogP contribution in [-0.2, 0) is 0 Å². The minimum absolute atomic E-state index is 0.891. The van der Waals surface area contributed by atoms with E-state index in [0.717, 1.165) is 127 Å². The fraction of sp³-hybridized carbons (Fsp3) is 0. The summed E-state index contributed by atoms with van der Waals surface area (Å²) in [7, 11) is 0. The Kier molecular flexibility index (Phi) is 13.7. The van der Waals surface area contributed by atoms with Crippen LogP contribution in [0.5, 0.6) is 0 Å². The lowest BCUT2D eigenvalue weighted by atomic mass is 10.0. The van der Waals surface area contributed by atoms with Gasteiger partial charge in [0, 0.05) is 112 Å². The van der Waals surface area contributed by atoms with Gasteiger partial charge in [0.2, 0.25) is 0 Å². The van der Waals surface area contributed by atoms with Crippen LogP contribution in [0, 0.1) is 0 Å². The molecule has 0 aliphatic heterocycles. The Hall–Kier alpha value is -14.3. The lowest BCUT2D eigenvalue weighted by Crippen LogP contribution is -1.92. The summed E-state index contributed by atoms with van der Waals surface area (Å²) in [6.45, 7) is 0. The summed E-state index contributed by atoms with van der Waals surface area (Å²) in [6.07, 6.45) is 0. The quantitative estimate of drug-likeness (QED) is 0.152. The summed E-state index contributed by atoms with van der Waals surface area (Å²) >= 11 is 5.61. The van der Waals surface area contributed by atoms with Crippen LogP contribution in [0.25, 0.3) is 238 Å². The van der Waals surface area contributed by atoms with E-state index in [1.165, 1.54) is 111 Å². The van der Waals surface area contributed by atoms with Crippen LogP contribution in [0.1, 0.15) is 0 Å². The van der Waals surface area contributed by atoms with Crippen molar-refractivity contribution in [3.63, 3.8) is 0 Å². The molecule has 7 nitrogen and oxygen atoms in total. The number of aromatic nitrogens is 4. The average molecular weight is 1510 g/mol. The van der Waals surface area contributed by atoms with Gasteiger partial charge in [-0.3, -0.25) is 0 Å². The van der Waals surface area contributed by atoms with E-state index in [9.17, 15) is 0 Å². The van der Waals surface area contributed by atoms with Gasteiger partial charge in [0.15, 0.2) is 11.2 Å². The van der Waals surface area contributed by atoms with Crippen molar-refractivity contribution < 1.29 is 13.3 Å². The van der Waals surface area contributed by atoms with Gasteiger partial charge < -0.3 is 31.5 Å². The number of hydrogen-bond acceptors (Lipinski definition) is 6. The van der Waals surface area contributed by atoms with Crippen molar-refractivity contribution in [2.45, 2.75) is 0 Å². The predicted octanol–water partition coefficient (Wildman–Crippen LogP) is 30.6. The predicted molar refractivity (Wildman–Crippen MR) is 482 cm³/mol. The van der Waals surface area contributed by atoms with Gasteiger partial charge in [-0.15, -0.1) is 34.0 Å². The molecule has 10 heterocycles. The summed E-state index contributed by atoms with van der Waals surface area (Å²) < 4.78 is 37.5. The third-order valence-corrected chi connectivity index (χ3v) is 27.0. The van der Waals surface area contributed by atoms with E-state index in [1.54, 1.807) is 0 Å². The second kappa shape index (κ2) is 24.6. The van der Waals surface area contributed by atoms with Crippen molar-refractivity contribution in [2.24, 2.45) is 0 Å².